The van der Waals surface area contributed by atoms with Gasteiger partial charge in [0.1, 0.15) is 5.38 Å². The van der Waals surface area contributed by atoms with E-state index in [4.69, 9.17) is 17.3 Å². The highest BCUT2D eigenvalue weighted by atomic mass is 35.5. The van der Waals surface area contributed by atoms with Gasteiger partial charge in [-0.25, -0.2) is 4.39 Å². The molecule has 0 aromatic heterocycles. The van der Waals surface area contributed by atoms with Crippen LogP contribution in [0.5, 0.6) is 0 Å². The smallest absolute Gasteiger partial charge is 0.198 e. The van der Waals surface area contributed by atoms with Gasteiger partial charge < -0.3 is 0 Å². The Morgan fingerprint density at radius 3 is 2.56 bits per heavy atom. The van der Waals surface area contributed by atoms with E-state index in [0.29, 0.717) is 0 Å². The second kappa shape index (κ2) is 2.12. The molecule has 1 aliphatic carbocycles. The molecule has 0 saturated heterocycles. The van der Waals surface area contributed by atoms with Gasteiger partial charge in [-0.1, -0.05) is 18.2 Å². The average molecular weight is 148 g/mol. The van der Waals surface area contributed by atoms with Gasteiger partial charge >= 0.3 is 0 Å². The van der Waals surface area contributed by atoms with Crippen molar-refractivity contribution < 1.29 is 4.39 Å². The Kier molecular flexibility index (Phi) is 1.60. The third kappa shape index (κ3) is 1.32. The number of hydrogen-bond acceptors (Lipinski definition) is 1. The van der Waals surface area contributed by atoms with Gasteiger partial charge in [-0.15, -0.1) is 11.6 Å². The van der Waals surface area contributed by atoms with Crippen LogP contribution in [-0.4, -0.2) is 11.2 Å². The number of rotatable bonds is 0. The highest BCUT2D eigenvalue weighted by Crippen LogP contribution is 2.21. The molecule has 2 unspecified atom stereocenters. The summed E-state index contributed by atoms with van der Waals surface area (Å²) in [5.41, 5.74) is 5.08. The van der Waals surface area contributed by atoms with Crippen molar-refractivity contribution in [2.75, 3.05) is 0 Å². The summed E-state index contributed by atoms with van der Waals surface area (Å²) < 4.78 is 12.8. The Morgan fingerprint density at radius 2 is 2.22 bits per heavy atom. The molecule has 0 aromatic rings. The summed E-state index contributed by atoms with van der Waals surface area (Å²) in [7, 11) is 0. The Morgan fingerprint density at radius 1 is 1.56 bits per heavy atom. The van der Waals surface area contributed by atoms with E-state index in [0.717, 1.165) is 0 Å². The van der Waals surface area contributed by atoms with Crippen LogP contribution in [0.15, 0.2) is 24.3 Å². The maximum atomic E-state index is 12.8. The molecule has 0 amide bonds. The maximum Gasteiger partial charge on any atom is 0.198 e. The second-order valence-electron chi connectivity index (χ2n) is 1.97. The molecule has 0 spiro atoms. The first-order valence-electron chi connectivity index (χ1n) is 2.61. The third-order valence-corrected chi connectivity index (χ3v) is 1.65. The van der Waals surface area contributed by atoms with Gasteiger partial charge in [0, 0.05) is 0 Å². The van der Waals surface area contributed by atoms with E-state index < -0.39 is 11.2 Å². The van der Waals surface area contributed by atoms with Gasteiger partial charge in [0.05, 0.1) is 0 Å². The largest absolute Gasteiger partial charge is 0.294 e. The molecule has 0 aliphatic heterocycles. The molecular weight excluding hydrogens is 141 g/mol. The predicted molar refractivity (Wildman–Crippen MR) is 35.9 cm³/mol. The topological polar surface area (TPSA) is 26.0 Å². The summed E-state index contributed by atoms with van der Waals surface area (Å²) in [4.78, 5) is 0. The second-order valence-corrected chi connectivity index (χ2v) is 2.44. The molecular formula is C6H7ClFN. The molecule has 1 aliphatic rings. The zero-order valence-corrected chi connectivity index (χ0v) is 5.48. The van der Waals surface area contributed by atoms with Crippen LogP contribution >= 0.6 is 11.6 Å². The van der Waals surface area contributed by atoms with Crippen LogP contribution in [0.2, 0.25) is 0 Å². The molecule has 1 nitrogen and oxygen atoms in total. The average Bonchev–Trinajstić information content (AvgIpc) is 1.77. The van der Waals surface area contributed by atoms with Gasteiger partial charge in [0.2, 0.25) is 0 Å². The van der Waals surface area contributed by atoms with Crippen LogP contribution in [0.4, 0.5) is 4.39 Å². The molecule has 0 heterocycles. The number of halogens is 2. The fourth-order valence-corrected chi connectivity index (χ4v) is 0.761. The molecule has 2 atom stereocenters. The highest BCUT2D eigenvalue weighted by Gasteiger charge is 2.29. The number of hydrogen-bond donors (Lipinski definition) is 1. The van der Waals surface area contributed by atoms with E-state index in [9.17, 15) is 4.39 Å². The van der Waals surface area contributed by atoms with Crippen LogP contribution < -0.4 is 5.73 Å². The lowest BCUT2D eigenvalue weighted by molar-refractivity contribution is 0.246. The first-order chi connectivity index (χ1) is 4.13. The molecule has 0 radical (unpaired) electrons. The normalized spacial score (nSPS) is 41.4. The van der Waals surface area contributed by atoms with Gasteiger partial charge in [-0.3, -0.25) is 5.73 Å². The Balaban J connectivity index is 2.78. The Labute approximate surface area is 58.0 Å². The summed E-state index contributed by atoms with van der Waals surface area (Å²) in [5.74, 6) is -1.86. The first kappa shape index (κ1) is 6.78. The van der Waals surface area contributed by atoms with Gasteiger partial charge in [-0.2, -0.15) is 0 Å². The molecule has 9 heavy (non-hydrogen) atoms. The van der Waals surface area contributed by atoms with E-state index in [2.05, 4.69) is 0 Å². The van der Waals surface area contributed by atoms with E-state index in [-0.39, 0.29) is 0 Å². The molecule has 50 valence electrons. The molecule has 0 bridgehead atoms. The van der Waals surface area contributed by atoms with Crippen molar-refractivity contribution in [3.63, 3.8) is 0 Å². The minimum absolute atomic E-state index is 0.734. The molecule has 1 rings (SSSR count). The summed E-state index contributed by atoms with van der Waals surface area (Å²) in [6, 6.07) is 0. The quantitative estimate of drug-likeness (QED) is 0.406. The molecule has 3 heteroatoms. The Hall–Kier alpha value is -0.340. The van der Waals surface area contributed by atoms with E-state index in [1.807, 2.05) is 0 Å². The van der Waals surface area contributed by atoms with Crippen molar-refractivity contribution in [2.45, 2.75) is 11.2 Å². The standard InChI is InChI=1S/C6H7ClFN/c7-5-3-1-2-4-6(5,8)9/h1-5H,9H2. The van der Waals surface area contributed by atoms with Crippen molar-refractivity contribution in [1.29, 1.82) is 0 Å². The number of nitrogens with two attached hydrogens (primary N) is 1. The lowest BCUT2D eigenvalue weighted by Crippen LogP contribution is -2.41. The van der Waals surface area contributed by atoms with Crippen LogP contribution in [0.1, 0.15) is 0 Å². The zero-order chi connectivity index (χ0) is 6.91. The predicted octanol–water partition coefficient (Wildman–Crippen LogP) is 1.34. The van der Waals surface area contributed by atoms with Crippen LogP contribution in [0.25, 0.3) is 0 Å². The van der Waals surface area contributed by atoms with E-state index in [1.165, 1.54) is 12.2 Å². The molecule has 0 fully saturated rings. The van der Waals surface area contributed by atoms with Gasteiger partial charge in [0.15, 0.2) is 5.79 Å². The van der Waals surface area contributed by atoms with E-state index in [1.54, 1.807) is 12.2 Å². The Bertz CT molecular complexity index is 162. The van der Waals surface area contributed by atoms with Crippen LogP contribution in [0, 0.1) is 0 Å². The monoisotopic (exact) mass is 147 g/mol. The fourth-order valence-electron chi connectivity index (χ4n) is 0.604. The van der Waals surface area contributed by atoms with Crippen LogP contribution in [0.3, 0.4) is 0 Å². The van der Waals surface area contributed by atoms with E-state index >= 15 is 0 Å². The summed E-state index contributed by atoms with van der Waals surface area (Å²) in [6.45, 7) is 0. The minimum Gasteiger partial charge on any atom is -0.294 e. The number of alkyl halides is 2. The summed E-state index contributed by atoms with van der Waals surface area (Å²) >= 11 is 5.47. The summed E-state index contributed by atoms with van der Waals surface area (Å²) in [5, 5.41) is -0.734. The fraction of sp³-hybridized carbons (Fsp3) is 0.333. The lowest BCUT2D eigenvalue weighted by Gasteiger charge is -2.20. The number of allylic oxidation sites excluding steroid dienone is 2. The molecule has 2 N–H and O–H groups in total. The molecule has 0 aromatic carbocycles. The first-order valence-corrected chi connectivity index (χ1v) is 3.04. The molecule has 0 saturated carbocycles. The SMILES string of the molecule is NC1(F)C=CC=CC1Cl. The van der Waals surface area contributed by atoms with Gasteiger partial charge in [0.25, 0.3) is 0 Å². The van der Waals surface area contributed by atoms with Gasteiger partial charge in [-0.05, 0) is 6.08 Å². The van der Waals surface area contributed by atoms with Crippen molar-refractivity contribution in [2.24, 2.45) is 5.73 Å². The summed E-state index contributed by atoms with van der Waals surface area (Å²) in [6.07, 6.45) is 5.97. The minimum atomic E-state index is -1.86. The van der Waals surface area contributed by atoms with Crippen molar-refractivity contribution in [3.05, 3.63) is 24.3 Å². The van der Waals surface area contributed by atoms with Crippen LogP contribution in [-0.2, 0) is 0 Å². The zero-order valence-electron chi connectivity index (χ0n) is 4.72. The highest BCUT2D eigenvalue weighted by molar-refractivity contribution is 6.22. The van der Waals surface area contributed by atoms with Crippen molar-refractivity contribution in [1.82, 2.24) is 0 Å². The lowest BCUT2D eigenvalue weighted by atomic mass is 10.1. The third-order valence-electron chi connectivity index (χ3n) is 1.17. The maximum absolute atomic E-state index is 12.8. The van der Waals surface area contributed by atoms with Crippen molar-refractivity contribution in [3.8, 4) is 0 Å². The van der Waals surface area contributed by atoms with Crippen molar-refractivity contribution >= 4 is 11.6 Å².